The molecule has 4 fully saturated rings. The van der Waals surface area contributed by atoms with Gasteiger partial charge in [0.1, 0.15) is 46.0 Å². The molecular formula is C69H90Cl2O21. The Kier molecular flexibility index (Phi) is 40.0. The minimum atomic E-state index is -0.719. The van der Waals surface area contributed by atoms with Crippen molar-refractivity contribution in [2.75, 3.05) is 65.3 Å². The normalized spacial score (nSPS) is 18.7. The van der Waals surface area contributed by atoms with Gasteiger partial charge in [0.25, 0.3) is 0 Å². The van der Waals surface area contributed by atoms with Crippen LogP contribution in [-0.4, -0.2) is 134 Å². The fraction of sp³-hybridized carbons (Fsp3) is 0.478. The summed E-state index contributed by atoms with van der Waals surface area (Å²) in [5.74, 6) is 2.53. The highest BCUT2D eigenvalue weighted by molar-refractivity contribution is 6.17. The molecule has 2 atom stereocenters. The van der Waals surface area contributed by atoms with Gasteiger partial charge >= 0.3 is 29.8 Å². The maximum Gasteiger partial charge on any atom is 0.330 e. The van der Waals surface area contributed by atoms with Gasteiger partial charge in [-0.1, -0.05) is 19.7 Å². The van der Waals surface area contributed by atoms with Gasteiger partial charge < -0.3 is 72.5 Å². The standard InChI is InChI=1S/C23H30O7.C17H22O5.C12H14O4.C11H14O3.C6H9ClO2.ClH/c24-12-19-11-20(29-13-15-1-5-17(6-2-15)22(25)26)9-10-21(19)30-14-16-3-7-18(8-4-16)23(27)28;1-2-16(18)20-13-5-12-19-14-7-9-15(10-8-14)22-17-6-3-4-11-21-17;1-2-12(14)16-9-3-8-15-11-6-4-10(13)5-7-11;12-9-4-6-10(7-5-9)14-11-3-1-2-8-13-11;1-2-6(8)9-5-3-4-7;/h9-12,15-18H,1-8,13-14H2,(H,25,26)(H,27,28);2,7-10,17H,1,3-6,11-13H2;2,4-7,13H,1,3,8-9H2;4-7,11-12H,1-3,8H2;2H,1,3-5H2;1H. The third-order valence-electron chi connectivity index (χ3n) is 14.4. The number of halogens is 2. The number of aldehydes is 1. The molecule has 2 saturated carbocycles. The van der Waals surface area contributed by atoms with Gasteiger partial charge in [0.2, 0.25) is 0 Å². The number of ether oxygens (including phenoxy) is 11. The first-order valence-electron chi connectivity index (χ1n) is 30.9. The Balaban J connectivity index is 0.000000316. The molecule has 4 aromatic carbocycles. The summed E-state index contributed by atoms with van der Waals surface area (Å²) < 4.78 is 59.1. The van der Waals surface area contributed by atoms with Gasteiger partial charge in [0, 0.05) is 49.8 Å². The van der Waals surface area contributed by atoms with Gasteiger partial charge in [0.15, 0.2) is 18.9 Å². The van der Waals surface area contributed by atoms with E-state index < -0.39 is 23.9 Å². The first-order valence-corrected chi connectivity index (χ1v) is 31.4. The van der Waals surface area contributed by atoms with Gasteiger partial charge in [-0.2, -0.15) is 0 Å². The lowest BCUT2D eigenvalue weighted by Crippen LogP contribution is -2.24. The fourth-order valence-corrected chi connectivity index (χ4v) is 9.36. The molecule has 4 aromatic rings. The molecule has 4 N–H and O–H groups in total. The number of benzene rings is 4. The highest BCUT2D eigenvalue weighted by Crippen LogP contribution is 2.33. The molecule has 0 bridgehead atoms. The van der Waals surface area contributed by atoms with Crippen LogP contribution in [0.4, 0.5) is 0 Å². The Bertz CT molecular complexity index is 2750. The lowest BCUT2D eigenvalue weighted by molar-refractivity contribution is -0.144. The first-order chi connectivity index (χ1) is 44.1. The van der Waals surface area contributed by atoms with Crippen LogP contribution in [-0.2, 0) is 47.7 Å². The number of aromatic hydroxyl groups is 2. The second-order valence-electron chi connectivity index (χ2n) is 21.4. The number of carboxylic acids is 2. The SMILES string of the molecule is C=CC(=O)OCCCCl.C=CC(=O)OCCCOc1ccc(O)cc1.C=CC(=O)OCCCOc1ccc(OC2CCCCO2)cc1.Cl.O=Cc1cc(OCC2CCC(C(=O)O)CC2)ccc1OCC1CCC(C(=O)O)CC1.Oc1ccc(OC2CCCCO2)cc1. The van der Waals surface area contributed by atoms with Gasteiger partial charge in [0.05, 0.1) is 76.9 Å². The van der Waals surface area contributed by atoms with E-state index in [0.29, 0.717) is 132 Å². The van der Waals surface area contributed by atoms with Crippen LogP contribution < -0.4 is 28.4 Å². The Labute approximate surface area is 550 Å². The zero-order valence-corrected chi connectivity index (χ0v) is 53.7. The van der Waals surface area contributed by atoms with Crippen molar-refractivity contribution < 1.29 is 101 Å². The first kappa shape index (κ1) is 78.3. The van der Waals surface area contributed by atoms with Crippen LogP contribution in [0.2, 0.25) is 0 Å². The zero-order valence-electron chi connectivity index (χ0n) is 52.2. The summed E-state index contributed by atoms with van der Waals surface area (Å²) in [7, 11) is 0. The van der Waals surface area contributed by atoms with Crippen molar-refractivity contribution in [2.45, 2.75) is 122 Å². The van der Waals surface area contributed by atoms with Crippen molar-refractivity contribution in [3.8, 4) is 46.0 Å². The van der Waals surface area contributed by atoms with Crippen molar-refractivity contribution in [2.24, 2.45) is 23.7 Å². The number of aliphatic carboxylic acids is 2. The molecule has 0 amide bonds. The topological polar surface area (TPSA) is 285 Å². The molecule has 0 radical (unpaired) electrons. The molecular weight excluding hydrogens is 1240 g/mol. The monoisotopic (exact) mass is 1320 g/mol. The molecule has 4 aliphatic rings. The smallest absolute Gasteiger partial charge is 0.330 e. The van der Waals surface area contributed by atoms with Crippen LogP contribution in [0.1, 0.15) is 120 Å². The van der Waals surface area contributed by atoms with E-state index in [9.17, 15) is 28.8 Å². The van der Waals surface area contributed by atoms with E-state index in [1.807, 2.05) is 24.3 Å². The minimum Gasteiger partial charge on any atom is -0.508 e. The highest BCUT2D eigenvalue weighted by atomic mass is 35.5. The average Bonchev–Trinajstić information content (AvgIpc) is 3.41. The molecule has 0 spiro atoms. The van der Waals surface area contributed by atoms with Crippen LogP contribution in [0.25, 0.3) is 0 Å². The Morgan fingerprint density at radius 2 is 0.859 bits per heavy atom. The second kappa shape index (κ2) is 47.0. The molecule has 506 valence electrons. The van der Waals surface area contributed by atoms with E-state index in [1.165, 1.54) is 0 Å². The Morgan fingerprint density at radius 1 is 0.478 bits per heavy atom. The molecule has 2 saturated heterocycles. The number of rotatable bonds is 29. The molecule has 2 aliphatic carbocycles. The largest absolute Gasteiger partial charge is 0.508 e. The van der Waals surface area contributed by atoms with Crippen molar-refractivity contribution >= 4 is 60.1 Å². The summed E-state index contributed by atoms with van der Waals surface area (Å²) in [6, 6.07) is 25.8. The van der Waals surface area contributed by atoms with E-state index >= 15 is 0 Å². The fourth-order valence-electron chi connectivity index (χ4n) is 9.25. The molecule has 21 nitrogen and oxygen atoms in total. The average molecular weight is 1330 g/mol. The van der Waals surface area contributed by atoms with Crippen LogP contribution in [0.3, 0.4) is 0 Å². The van der Waals surface area contributed by atoms with Crippen LogP contribution >= 0.6 is 24.0 Å². The second-order valence-corrected chi connectivity index (χ2v) is 21.8. The number of phenols is 2. The van der Waals surface area contributed by atoms with Gasteiger partial charge in [-0.25, -0.2) is 14.4 Å². The van der Waals surface area contributed by atoms with Crippen molar-refractivity contribution in [1.29, 1.82) is 0 Å². The van der Waals surface area contributed by atoms with Crippen molar-refractivity contribution in [3.63, 3.8) is 0 Å². The van der Waals surface area contributed by atoms with Crippen LogP contribution in [0.5, 0.6) is 46.0 Å². The number of carboxylic acid groups (broad SMARTS) is 2. The number of carbonyl (C=O) groups is 6. The maximum absolute atomic E-state index is 11.5. The summed E-state index contributed by atoms with van der Waals surface area (Å²) in [5.41, 5.74) is 0.432. The van der Waals surface area contributed by atoms with Crippen molar-refractivity contribution in [1.82, 2.24) is 0 Å². The molecule has 92 heavy (non-hydrogen) atoms. The van der Waals surface area contributed by atoms with Gasteiger partial charge in [-0.3, -0.25) is 14.4 Å². The number of alkyl halides is 1. The quantitative estimate of drug-likeness (QED) is 0.00981. The predicted octanol–water partition coefficient (Wildman–Crippen LogP) is 13.1. The third kappa shape index (κ3) is 33.9. The number of carbonyl (C=O) groups excluding carboxylic acids is 4. The lowest BCUT2D eigenvalue weighted by Gasteiger charge is -2.26. The van der Waals surface area contributed by atoms with E-state index in [1.54, 1.807) is 66.7 Å². The van der Waals surface area contributed by atoms with E-state index in [-0.39, 0.29) is 54.3 Å². The minimum absolute atomic E-state index is 0. The number of hydrogen-bond donors (Lipinski definition) is 4. The molecule has 2 aliphatic heterocycles. The maximum atomic E-state index is 11.5. The predicted molar refractivity (Wildman–Crippen MR) is 346 cm³/mol. The summed E-state index contributed by atoms with van der Waals surface area (Å²) in [5, 5.41) is 36.3. The summed E-state index contributed by atoms with van der Waals surface area (Å²) in [6.07, 6.45) is 18.3. The Morgan fingerprint density at radius 3 is 1.24 bits per heavy atom. The Hall–Kier alpha value is -7.98. The third-order valence-corrected chi connectivity index (χ3v) is 14.7. The highest BCUT2D eigenvalue weighted by Gasteiger charge is 2.28. The summed E-state index contributed by atoms with van der Waals surface area (Å²) in [6.45, 7) is 14.3. The number of hydrogen-bond acceptors (Lipinski definition) is 19. The van der Waals surface area contributed by atoms with Crippen LogP contribution in [0, 0.1) is 23.7 Å². The van der Waals surface area contributed by atoms with E-state index in [0.717, 1.165) is 119 Å². The van der Waals surface area contributed by atoms with Gasteiger partial charge in [-0.15, -0.1) is 24.0 Å². The molecule has 0 aromatic heterocycles. The lowest BCUT2D eigenvalue weighted by atomic mass is 9.82. The number of esters is 3. The van der Waals surface area contributed by atoms with E-state index in [2.05, 4.69) is 24.5 Å². The van der Waals surface area contributed by atoms with Crippen molar-refractivity contribution in [3.05, 3.63) is 135 Å². The summed E-state index contributed by atoms with van der Waals surface area (Å²) >= 11 is 5.31. The van der Waals surface area contributed by atoms with Crippen LogP contribution in [0.15, 0.2) is 129 Å². The number of phenolic OH excluding ortho intramolecular Hbond substituents is 2. The van der Waals surface area contributed by atoms with E-state index in [4.69, 9.17) is 79.4 Å². The zero-order chi connectivity index (χ0) is 65.9. The summed E-state index contributed by atoms with van der Waals surface area (Å²) in [4.78, 5) is 65.4. The molecule has 8 rings (SSSR count). The molecule has 2 heterocycles. The van der Waals surface area contributed by atoms with Gasteiger partial charge in [-0.05, 0) is 186 Å². The molecule has 23 heteroatoms. The molecule has 2 unspecified atom stereocenters.